The molecule has 0 radical (unpaired) electrons. The van der Waals surface area contributed by atoms with E-state index in [1.165, 1.54) is 30.3 Å². The molecule has 1 saturated heterocycles. The van der Waals surface area contributed by atoms with Gasteiger partial charge in [0.15, 0.2) is 0 Å². The first-order valence-corrected chi connectivity index (χ1v) is 11.1. The molecule has 0 saturated carbocycles. The van der Waals surface area contributed by atoms with Crippen molar-refractivity contribution < 1.29 is 22.1 Å². The Morgan fingerprint density at radius 1 is 1.23 bits per heavy atom. The summed E-state index contributed by atoms with van der Waals surface area (Å²) in [7, 11) is -3.87. The maximum absolute atomic E-state index is 13.4. The minimum absolute atomic E-state index is 0.0856. The monoisotopic (exact) mass is 445 g/mol. The van der Waals surface area contributed by atoms with Gasteiger partial charge in [0.2, 0.25) is 21.7 Å². The van der Waals surface area contributed by atoms with E-state index >= 15 is 0 Å². The highest BCUT2D eigenvalue weighted by atomic mass is 32.2. The highest BCUT2D eigenvalue weighted by Gasteiger charge is 2.29. The van der Waals surface area contributed by atoms with Crippen molar-refractivity contribution in [1.29, 1.82) is 0 Å². The average Bonchev–Trinajstić information content (AvgIpc) is 3.24. The van der Waals surface area contributed by atoms with Crippen molar-refractivity contribution in [3.05, 3.63) is 60.2 Å². The number of nitrogens with two attached hydrogens (primary N) is 1. The number of hydrogen-bond acceptors (Lipinski definition) is 6. The lowest BCUT2D eigenvalue weighted by atomic mass is 9.98. The predicted molar refractivity (Wildman–Crippen MR) is 110 cm³/mol. The number of likely N-dealkylation sites (tertiary alicyclic amines) is 1. The van der Waals surface area contributed by atoms with Gasteiger partial charge in [-0.3, -0.25) is 0 Å². The SMILES string of the molecule is NS(=O)(=O)c1cccc(NC(=O)N2CCCC(c3nc(-c4cccc(F)c4)no3)C2)c1. The van der Waals surface area contributed by atoms with Gasteiger partial charge in [-0.1, -0.05) is 23.4 Å². The van der Waals surface area contributed by atoms with Crippen molar-refractivity contribution in [2.24, 2.45) is 5.14 Å². The van der Waals surface area contributed by atoms with Gasteiger partial charge in [0.25, 0.3) is 0 Å². The van der Waals surface area contributed by atoms with Crippen LogP contribution in [0.15, 0.2) is 57.9 Å². The van der Waals surface area contributed by atoms with Gasteiger partial charge in [-0.2, -0.15) is 4.98 Å². The van der Waals surface area contributed by atoms with Crippen LogP contribution in [0.2, 0.25) is 0 Å². The van der Waals surface area contributed by atoms with E-state index < -0.39 is 15.8 Å². The maximum Gasteiger partial charge on any atom is 0.321 e. The van der Waals surface area contributed by atoms with Crippen LogP contribution < -0.4 is 10.5 Å². The Labute approximate surface area is 178 Å². The summed E-state index contributed by atoms with van der Waals surface area (Å²) in [6.07, 6.45) is 1.49. The quantitative estimate of drug-likeness (QED) is 0.635. The van der Waals surface area contributed by atoms with Crippen LogP contribution in [0.4, 0.5) is 14.9 Å². The second-order valence-electron chi connectivity index (χ2n) is 7.25. The van der Waals surface area contributed by atoms with Gasteiger partial charge in [0.1, 0.15) is 5.82 Å². The molecule has 1 aliphatic rings. The lowest BCUT2D eigenvalue weighted by Gasteiger charge is -2.31. The molecular weight excluding hydrogens is 425 g/mol. The van der Waals surface area contributed by atoms with Gasteiger partial charge in [0.05, 0.1) is 10.8 Å². The topological polar surface area (TPSA) is 131 Å². The maximum atomic E-state index is 13.4. The Morgan fingerprint density at radius 3 is 2.81 bits per heavy atom. The van der Waals surface area contributed by atoms with Crippen LogP contribution in [0, 0.1) is 5.82 Å². The molecule has 31 heavy (non-hydrogen) atoms. The first kappa shape index (κ1) is 20.9. The zero-order valence-corrected chi connectivity index (χ0v) is 17.2. The van der Waals surface area contributed by atoms with E-state index in [-0.39, 0.29) is 22.7 Å². The number of nitrogens with one attached hydrogen (secondary N) is 1. The number of carbonyl (C=O) groups excluding carboxylic acids is 1. The number of primary sulfonamides is 1. The number of carbonyl (C=O) groups is 1. The third-order valence-corrected chi connectivity index (χ3v) is 5.91. The fourth-order valence-electron chi connectivity index (χ4n) is 3.46. The molecule has 3 aromatic rings. The molecule has 3 N–H and O–H groups in total. The molecule has 11 heteroatoms. The van der Waals surface area contributed by atoms with Gasteiger partial charge in [0, 0.05) is 24.3 Å². The normalized spacial score (nSPS) is 16.8. The number of rotatable bonds is 4. The van der Waals surface area contributed by atoms with Crippen molar-refractivity contribution >= 4 is 21.7 Å². The number of nitrogens with zero attached hydrogens (tertiary/aromatic N) is 3. The second kappa shape index (κ2) is 8.44. The molecular formula is C20H20FN5O4S. The zero-order chi connectivity index (χ0) is 22.0. The van der Waals surface area contributed by atoms with E-state index in [4.69, 9.17) is 9.66 Å². The summed E-state index contributed by atoms with van der Waals surface area (Å²) in [5.41, 5.74) is 0.833. The molecule has 0 bridgehead atoms. The number of aromatic nitrogens is 2. The fraction of sp³-hybridized carbons (Fsp3) is 0.250. The third kappa shape index (κ3) is 4.89. The Balaban J connectivity index is 1.45. The molecule has 1 aromatic heterocycles. The Bertz CT molecular complexity index is 1210. The molecule has 0 spiro atoms. The molecule has 1 atom stereocenters. The van der Waals surface area contributed by atoms with E-state index in [9.17, 15) is 17.6 Å². The summed E-state index contributed by atoms with van der Waals surface area (Å²) in [5, 5.41) is 11.8. The number of anilines is 1. The molecule has 1 fully saturated rings. The first-order chi connectivity index (χ1) is 14.8. The van der Waals surface area contributed by atoms with Crippen LogP contribution in [0.25, 0.3) is 11.4 Å². The molecule has 4 rings (SSSR count). The van der Waals surface area contributed by atoms with Gasteiger partial charge in [-0.25, -0.2) is 22.7 Å². The van der Waals surface area contributed by atoms with Crippen molar-refractivity contribution in [3.63, 3.8) is 0 Å². The first-order valence-electron chi connectivity index (χ1n) is 9.58. The molecule has 2 heterocycles. The number of sulfonamides is 1. The zero-order valence-electron chi connectivity index (χ0n) is 16.4. The summed E-state index contributed by atoms with van der Waals surface area (Å²) >= 11 is 0. The second-order valence-corrected chi connectivity index (χ2v) is 8.82. The van der Waals surface area contributed by atoms with E-state index in [2.05, 4.69) is 15.5 Å². The molecule has 162 valence electrons. The van der Waals surface area contributed by atoms with Crippen molar-refractivity contribution in [2.45, 2.75) is 23.7 Å². The van der Waals surface area contributed by atoms with Crippen molar-refractivity contribution in [1.82, 2.24) is 15.0 Å². The number of urea groups is 1. The standard InChI is InChI=1S/C20H20FN5O4S/c21-15-6-1-4-13(10-15)18-24-19(30-25-18)14-5-3-9-26(12-14)20(27)23-16-7-2-8-17(11-16)31(22,28)29/h1-2,4,6-8,10-11,14H,3,5,9,12H2,(H,23,27)(H2,22,28,29). The van der Waals surface area contributed by atoms with Crippen molar-refractivity contribution in [3.8, 4) is 11.4 Å². The van der Waals surface area contributed by atoms with E-state index in [1.54, 1.807) is 23.1 Å². The summed E-state index contributed by atoms with van der Waals surface area (Å²) < 4.78 is 41.8. The lowest BCUT2D eigenvalue weighted by molar-refractivity contribution is 0.184. The molecule has 2 amide bonds. The van der Waals surface area contributed by atoms with Crippen LogP contribution in [-0.4, -0.2) is 42.6 Å². The van der Waals surface area contributed by atoms with Gasteiger partial charge < -0.3 is 14.7 Å². The molecule has 2 aromatic carbocycles. The van der Waals surface area contributed by atoms with Gasteiger partial charge in [-0.15, -0.1) is 0 Å². The summed E-state index contributed by atoms with van der Waals surface area (Å²) in [6.45, 7) is 0.883. The Kier molecular flexibility index (Phi) is 5.70. The summed E-state index contributed by atoms with van der Waals surface area (Å²) in [6, 6.07) is 11.3. The highest BCUT2D eigenvalue weighted by Crippen LogP contribution is 2.28. The van der Waals surface area contributed by atoms with Crippen molar-refractivity contribution in [2.75, 3.05) is 18.4 Å². The Morgan fingerprint density at radius 2 is 2.03 bits per heavy atom. The largest absolute Gasteiger partial charge is 0.339 e. The van der Waals surface area contributed by atoms with Crippen LogP contribution in [0.1, 0.15) is 24.7 Å². The molecule has 1 unspecified atom stereocenters. The van der Waals surface area contributed by atoms with Gasteiger partial charge in [-0.05, 0) is 43.2 Å². The number of piperidine rings is 1. The summed E-state index contributed by atoms with van der Waals surface area (Å²) in [4.78, 5) is 18.6. The minimum atomic E-state index is -3.87. The highest BCUT2D eigenvalue weighted by molar-refractivity contribution is 7.89. The van der Waals surface area contributed by atoms with Crippen LogP contribution >= 0.6 is 0 Å². The number of halogens is 1. The molecule has 0 aliphatic carbocycles. The number of benzene rings is 2. The van der Waals surface area contributed by atoms with Crippen LogP contribution in [0.3, 0.4) is 0 Å². The summed E-state index contributed by atoms with van der Waals surface area (Å²) in [5.74, 6) is 0.116. The van der Waals surface area contributed by atoms with Gasteiger partial charge >= 0.3 is 6.03 Å². The predicted octanol–water partition coefficient (Wildman–Crippen LogP) is 2.93. The molecule has 1 aliphatic heterocycles. The Hall–Kier alpha value is -3.31. The fourth-order valence-corrected chi connectivity index (χ4v) is 4.02. The average molecular weight is 445 g/mol. The lowest BCUT2D eigenvalue weighted by Crippen LogP contribution is -2.41. The third-order valence-electron chi connectivity index (χ3n) is 5.00. The number of hydrogen-bond donors (Lipinski definition) is 2. The van der Waals surface area contributed by atoms with E-state index in [1.807, 2.05) is 0 Å². The molecule has 9 nitrogen and oxygen atoms in total. The minimum Gasteiger partial charge on any atom is -0.339 e. The number of amides is 2. The van der Waals surface area contributed by atoms with E-state index in [0.717, 1.165) is 12.8 Å². The van der Waals surface area contributed by atoms with Crippen LogP contribution in [-0.2, 0) is 10.0 Å². The van der Waals surface area contributed by atoms with Crippen LogP contribution in [0.5, 0.6) is 0 Å². The van der Waals surface area contributed by atoms with E-state index in [0.29, 0.717) is 30.2 Å². The smallest absolute Gasteiger partial charge is 0.321 e.